The number of hydrogen-bond acceptors (Lipinski definition) is 6. The summed E-state index contributed by atoms with van der Waals surface area (Å²) in [5.41, 5.74) is 1.45. The topological polar surface area (TPSA) is 78.9 Å². The first kappa shape index (κ1) is 19.5. The number of methoxy groups -OCH3 is 1. The van der Waals surface area contributed by atoms with Crippen LogP contribution >= 0.6 is 0 Å². The quantitative estimate of drug-likeness (QED) is 0.327. The van der Waals surface area contributed by atoms with E-state index in [-0.39, 0.29) is 19.0 Å². The molecule has 0 aliphatic carbocycles. The average molecular weight is 404 g/mol. The smallest absolute Gasteiger partial charge is 0.336 e. The standard InChI is InChI=1S/C24H20O6/c1-27-19-7-10-20-17(13-24(26)30-22(20)14-19)15-28-23(25)12-9-18-8-11-21(29-18)16-5-3-2-4-6-16/h2-8,10-11,13-14H,9,12,15H2,1H3. The largest absolute Gasteiger partial charge is 0.497 e. The lowest BCUT2D eigenvalue weighted by Gasteiger charge is -2.08. The van der Waals surface area contributed by atoms with E-state index in [1.807, 2.05) is 42.5 Å². The van der Waals surface area contributed by atoms with E-state index in [9.17, 15) is 9.59 Å². The Kier molecular flexibility index (Phi) is 5.66. The summed E-state index contributed by atoms with van der Waals surface area (Å²) in [4.78, 5) is 24.0. The van der Waals surface area contributed by atoms with Crippen molar-refractivity contribution in [2.24, 2.45) is 0 Å². The maximum atomic E-state index is 12.2. The van der Waals surface area contributed by atoms with Gasteiger partial charge in [0.1, 0.15) is 29.5 Å². The highest BCUT2D eigenvalue weighted by Gasteiger charge is 2.12. The Balaban J connectivity index is 1.37. The molecule has 4 rings (SSSR count). The van der Waals surface area contributed by atoms with Crippen molar-refractivity contribution >= 4 is 16.9 Å². The Labute approximate surface area is 172 Å². The van der Waals surface area contributed by atoms with Gasteiger partial charge in [-0.05, 0) is 24.3 Å². The van der Waals surface area contributed by atoms with Crippen LogP contribution in [0.3, 0.4) is 0 Å². The molecule has 0 aliphatic heterocycles. The molecule has 4 aromatic rings. The molecular weight excluding hydrogens is 384 g/mol. The van der Waals surface area contributed by atoms with Gasteiger partial charge in [-0.15, -0.1) is 0 Å². The van der Waals surface area contributed by atoms with Crippen molar-refractivity contribution in [1.29, 1.82) is 0 Å². The van der Waals surface area contributed by atoms with Crippen LogP contribution in [0.25, 0.3) is 22.3 Å². The fourth-order valence-corrected chi connectivity index (χ4v) is 3.18. The summed E-state index contributed by atoms with van der Waals surface area (Å²) >= 11 is 0. The van der Waals surface area contributed by atoms with Crippen LogP contribution in [-0.2, 0) is 22.6 Å². The van der Waals surface area contributed by atoms with Gasteiger partial charge in [0.2, 0.25) is 0 Å². The third-order valence-corrected chi connectivity index (χ3v) is 4.72. The van der Waals surface area contributed by atoms with E-state index in [0.717, 1.165) is 11.3 Å². The maximum Gasteiger partial charge on any atom is 0.336 e. The van der Waals surface area contributed by atoms with E-state index in [2.05, 4.69) is 0 Å². The van der Waals surface area contributed by atoms with E-state index in [0.29, 0.717) is 34.5 Å². The Bertz CT molecular complexity index is 1220. The molecule has 2 heterocycles. The molecule has 2 aromatic heterocycles. The van der Waals surface area contributed by atoms with Crippen LogP contribution in [0.4, 0.5) is 0 Å². The van der Waals surface area contributed by atoms with Crippen LogP contribution < -0.4 is 10.4 Å². The molecule has 6 nitrogen and oxygen atoms in total. The molecule has 0 unspecified atom stereocenters. The van der Waals surface area contributed by atoms with Crippen molar-refractivity contribution in [3.8, 4) is 17.1 Å². The highest BCUT2D eigenvalue weighted by molar-refractivity contribution is 5.81. The van der Waals surface area contributed by atoms with Crippen molar-refractivity contribution in [3.05, 3.63) is 88.5 Å². The Hall–Kier alpha value is -3.80. The summed E-state index contributed by atoms with van der Waals surface area (Å²) in [5, 5.41) is 0.696. The number of rotatable bonds is 7. The summed E-state index contributed by atoms with van der Waals surface area (Å²) in [5.74, 6) is 1.68. The fraction of sp³-hybridized carbons (Fsp3) is 0.167. The van der Waals surface area contributed by atoms with Gasteiger partial charge in [-0.2, -0.15) is 0 Å². The fourth-order valence-electron chi connectivity index (χ4n) is 3.18. The summed E-state index contributed by atoms with van der Waals surface area (Å²) in [6.07, 6.45) is 0.607. The Morgan fingerprint density at radius 2 is 1.80 bits per heavy atom. The molecule has 0 radical (unpaired) electrons. The SMILES string of the molecule is COc1ccc2c(COC(=O)CCc3ccc(-c4ccccc4)o3)cc(=O)oc2c1. The summed E-state index contributed by atoms with van der Waals surface area (Å²) in [6.45, 7) is -0.0132. The molecule has 30 heavy (non-hydrogen) atoms. The molecule has 152 valence electrons. The zero-order valence-corrected chi connectivity index (χ0v) is 16.4. The minimum absolute atomic E-state index is 0.0132. The second kappa shape index (κ2) is 8.69. The van der Waals surface area contributed by atoms with Gasteiger partial charge in [0, 0.05) is 35.1 Å². The lowest BCUT2D eigenvalue weighted by atomic mass is 10.1. The van der Waals surface area contributed by atoms with Gasteiger partial charge in [0.15, 0.2) is 0 Å². The van der Waals surface area contributed by atoms with E-state index < -0.39 is 5.63 Å². The molecular formula is C24H20O6. The number of carbonyl (C=O) groups excluding carboxylic acids is 1. The van der Waals surface area contributed by atoms with Crippen LogP contribution in [0, 0.1) is 0 Å². The summed E-state index contributed by atoms with van der Waals surface area (Å²) in [7, 11) is 1.53. The number of hydrogen-bond donors (Lipinski definition) is 0. The first-order chi connectivity index (χ1) is 14.6. The minimum atomic E-state index is -0.508. The molecule has 0 fully saturated rings. The van der Waals surface area contributed by atoms with Gasteiger partial charge in [-0.3, -0.25) is 4.79 Å². The van der Waals surface area contributed by atoms with Gasteiger partial charge in [-0.25, -0.2) is 4.79 Å². The van der Waals surface area contributed by atoms with Gasteiger partial charge in [-0.1, -0.05) is 30.3 Å². The van der Waals surface area contributed by atoms with Crippen LogP contribution in [0.15, 0.2) is 80.4 Å². The number of esters is 1. The van der Waals surface area contributed by atoms with Crippen LogP contribution in [0.2, 0.25) is 0 Å². The Morgan fingerprint density at radius 1 is 0.967 bits per heavy atom. The number of ether oxygens (including phenoxy) is 2. The predicted molar refractivity (Wildman–Crippen MR) is 111 cm³/mol. The lowest BCUT2D eigenvalue weighted by Crippen LogP contribution is -2.08. The van der Waals surface area contributed by atoms with Crippen molar-refractivity contribution in [1.82, 2.24) is 0 Å². The number of fused-ring (bicyclic) bond motifs is 1. The van der Waals surface area contributed by atoms with E-state index in [4.69, 9.17) is 18.3 Å². The molecule has 0 saturated carbocycles. The first-order valence-corrected chi connectivity index (χ1v) is 9.53. The normalized spacial score (nSPS) is 10.8. The van der Waals surface area contributed by atoms with E-state index in [1.54, 1.807) is 18.2 Å². The third-order valence-electron chi connectivity index (χ3n) is 4.72. The van der Waals surface area contributed by atoms with Crippen molar-refractivity contribution in [3.63, 3.8) is 0 Å². The molecule has 0 saturated heterocycles. The zero-order valence-electron chi connectivity index (χ0n) is 16.4. The monoisotopic (exact) mass is 404 g/mol. The summed E-state index contributed by atoms with van der Waals surface area (Å²) < 4.78 is 21.5. The first-order valence-electron chi connectivity index (χ1n) is 9.53. The second-order valence-electron chi connectivity index (χ2n) is 6.75. The van der Waals surface area contributed by atoms with E-state index >= 15 is 0 Å². The highest BCUT2D eigenvalue weighted by atomic mass is 16.5. The van der Waals surface area contributed by atoms with Crippen molar-refractivity contribution in [2.75, 3.05) is 7.11 Å². The lowest BCUT2D eigenvalue weighted by molar-refractivity contribution is -0.144. The molecule has 6 heteroatoms. The molecule has 0 spiro atoms. The van der Waals surface area contributed by atoms with Gasteiger partial charge in [0.05, 0.1) is 13.5 Å². The predicted octanol–water partition coefficient (Wildman–Crippen LogP) is 4.74. The van der Waals surface area contributed by atoms with Crippen molar-refractivity contribution < 1.29 is 23.1 Å². The van der Waals surface area contributed by atoms with Crippen LogP contribution in [0.5, 0.6) is 5.75 Å². The minimum Gasteiger partial charge on any atom is -0.497 e. The molecule has 0 N–H and O–H groups in total. The van der Waals surface area contributed by atoms with Crippen LogP contribution in [-0.4, -0.2) is 13.1 Å². The van der Waals surface area contributed by atoms with Gasteiger partial charge >= 0.3 is 11.6 Å². The molecule has 0 atom stereocenters. The number of furan rings is 1. The molecule has 0 amide bonds. The van der Waals surface area contributed by atoms with Gasteiger partial charge < -0.3 is 18.3 Å². The molecule has 0 aliphatic rings. The molecule has 2 aromatic carbocycles. The number of carbonyl (C=O) groups is 1. The Morgan fingerprint density at radius 3 is 2.60 bits per heavy atom. The van der Waals surface area contributed by atoms with Gasteiger partial charge in [0.25, 0.3) is 0 Å². The maximum absolute atomic E-state index is 12.2. The number of benzene rings is 2. The highest BCUT2D eigenvalue weighted by Crippen LogP contribution is 2.24. The number of aryl methyl sites for hydroxylation is 1. The third kappa shape index (κ3) is 4.43. The zero-order chi connectivity index (χ0) is 20.9. The molecule has 0 bridgehead atoms. The second-order valence-corrected chi connectivity index (χ2v) is 6.75. The van der Waals surface area contributed by atoms with Crippen LogP contribution in [0.1, 0.15) is 17.7 Å². The summed E-state index contributed by atoms with van der Waals surface area (Å²) in [6, 6.07) is 20.0. The average Bonchev–Trinajstić information content (AvgIpc) is 3.25. The van der Waals surface area contributed by atoms with Crippen molar-refractivity contribution in [2.45, 2.75) is 19.4 Å². The van der Waals surface area contributed by atoms with E-state index in [1.165, 1.54) is 13.2 Å².